The van der Waals surface area contributed by atoms with Crippen LogP contribution in [0.4, 0.5) is 0 Å². The standard InChI is InChI=1S/C22H27N5O2S2/c1-4-25-11-13-26(14-12-25)21(28)16(2)31-22-24-23-20(19-10-7-15-30-19)27(22)17-8-5-6-9-18(17)29-3/h5-10,15-16H,4,11-14H2,1-3H3. The summed E-state index contributed by atoms with van der Waals surface area (Å²) in [5.74, 6) is 1.63. The van der Waals surface area contributed by atoms with Crippen molar-refractivity contribution in [1.29, 1.82) is 0 Å². The van der Waals surface area contributed by atoms with E-state index < -0.39 is 0 Å². The second kappa shape index (κ2) is 9.84. The van der Waals surface area contributed by atoms with Crippen molar-refractivity contribution in [3.63, 3.8) is 0 Å². The summed E-state index contributed by atoms with van der Waals surface area (Å²) in [7, 11) is 1.66. The number of benzene rings is 1. The number of rotatable bonds is 7. The van der Waals surface area contributed by atoms with Gasteiger partial charge in [-0.2, -0.15) is 0 Å². The fourth-order valence-corrected chi connectivity index (χ4v) is 5.34. The summed E-state index contributed by atoms with van der Waals surface area (Å²) in [6.07, 6.45) is 0. The van der Waals surface area contributed by atoms with E-state index in [-0.39, 0.29) is 11.2 Å². The largest absolute Gasteiger partial charge is 0.495 e. The molecular formula is C22H27N5O2S2. The van der Waals surface area contributed by atoms with Crippen molar-refractivity contribution in [1.82, 2.24) is 24.6 Å². The normalized spacial score (nSPS) is 15.8. The summed E-state index contributed by atoms with van der Waals surface area (Å²) in [4.78, 5) is 18.5. The third kappa shape index (κ3) is 4.63. The summed E-state index contributed by atoms with van der Waals surface area (Å²) in [6, 6.07) is 11.8. The lowest BCUT2D eigenvalue weighted by molar-refractivity contribution is -0.132. The topological polar surface area (TPSA) is 63.5 Å². The monoisotopic (exact) mass is 457 g/mol. The van der Waals surface area contributed by atoms with E-state index in [0.717, 1.165) is 54.9 Å². The van der Waals surface area contributed by atoms with Crippen LogP contribution in [-0.4, -0.2) is 75.6 Å². The van der Waals surface area contributed by atoms with Crippen molar-refractivity contribution in [3.05, 3.63) is 41.8 Å². The highest BCUT2D eigenvalue weighted by Gasteiger charge is 2.28. The van der Waals surface area contributed by atoms with Crippen molar-refractivity contribution < 1.29 is 9.53 Å². The number of carbonyl (C=O) groups is 1. The lowest BCUT2D eigenvalue weighted by atomic mass is 10.3. The number of thioether (sulfide) groups is 1. The van der Waals surface area contributed by atoms with E-state index >= 15 is 0 Å². The molecule has 1 atom stereocenters. The number of ether oxygens (including phenoxy) is 1. The Balaban J connectivity index is 1.62. The van der Waals surface area contributed by atoms with Gasteiger partial charge in [0.2, 0.25) is 5.91 Å². The SMILES string of the molecule is CCN1CCN(C(=O)C(C)Sc2nnc(-c3cccs3)n2-c2ccccc2OC)CC1. The molecule has 0 aliphatic carbocycles. The van der Waals surface area contributed by atoms with Gasteiger partial charge in [0.15, 0.2) is 11.0 Å². The number of hydrogen-bond donors (Lipinski definition) is 0. The number of hydrogen-bond acceptors (Lipinski definition) is 7. The molecule has 1 aliphatic heterocycles. The number of aromatic nitrogens is 3. The van der Waals surface area contributed by atoms with Crippen LogP contribution in [-0.2, 0) is 4.79 Å². The molecule has 31 heavy (non-hydrogen) atoms. The first kappa shape index (κ1) is 21.9. The first-order valence-corrected chi connectivity index (χ1v) is 12.2. The number of amides is 1. The maximum Gasteiger partial charge on any atom is 0.235 e. The van der Waals surface area contributed by atoms with Crippen LogP contribution in [0, 0.1) is 0 Å². The Bertz CT molecular complexity index is 1010. The molecule has 0 bridgehead atoms. The number of nitrogens with zero attached hydrogens (tertiary/aromatic N) is 5. The minimum absolute atomic E-state index is 0.146. The molecule has 0 radical (unpaired) electrons. The van der Waals surface area contributed by atoms with E-state index in [0.29, 0.717) is 5.16 Å². The first-order valence-electron chi connectivity index (χ1n) is 10.4. The first-order chi connectivity index (χ1) is 15.1. The molecule has 9 heteroatoms. The second-order valence-electron chi connectivity index (χ2n) is 7.31. The van der Waals surface area contributed by atoms with E-state index in [4.69, 9.17) is 4.74 Å². The Labute approximate surface area is 191 Å². The molecule has 1 saturated heterocycles. The van der Waals surface area contributed by atoms with Gasteiger partial charge in [-0.25, -0.2) is 0 Å². The van der Waals surface area contributed by atoms with E-state index in [1.165, 1.54) is 11.8 Å². The number of carbonyl (C=O) groups excluding carboxylic acids is 1. The van der Waals surface area contributed by atoms with Crippen molar-refractivity contribution in [2.24, 2.45) is 0 Å². The number of methoxy groups -OCH3 is 1. The smallest absolute Gasteiger partial charge is 0.235 e. The average molecular weight is 458 g/mol. The van der Waals surface area contributed by atoms with Crippen LogP contribution < -0.4 is 4.74 Å². The molecule has 2 aromatic heterocycles. The van der Waals surface area contributed by atoms with Gasteiger partial charge >= 0.3 is 0 Å². The molecule has 4 rings (SSSR count). The molecule has 1 unspecified atom stereocenters. The zero-order valence-electron chi connectivity index (χ0n) is 18.0. The van der Waals surface area contributed by atoms with Gasteiger partial charge in [0.25, 0.3) is 0 Å². The third-order valence-corrected chi connectivity index (χ3v) is 7.36. The van der Waals surface area contributed by atoms with Gasteiger partial charge in [0, 0.05) is 26.2 Å². The Hall–Kier alpha value is -2.36. The Kier molecular flexibility index (Phi) is 6.94. The molecule has 0 saturated carbocycles. The number of para-hydroxylation sites is 2. The third-order valence-electron chi connectivity index (χ3n) is 5.46. The summed E-state index contributed by atoms with van der Waals surface area (Å²) in [6.45, 7) is 8.55. The maximum absolute atomic E-state index is 13.1. The Morgan fingerprint density at radius 1 is 1.16 bits per heavy atom. The molecule has 1 aromatic carbocycles. The summed E-state index contributed by atoms with van der Waals surface area (Å²) in [5, 5.41) is 11.4. The van der Waals surface area contributed by atoms with E-state index in [1.54, 1.807) is 18.4 Å². The predicted molar refractivity (Wildman–Crippen MR) is 125 cm³/mol. The average Bonchev–Trinajstić information content (AvgIpc) is 3.48. The highest BCUT2D eigenvalue weighted by atomic mass is 32.2. The maximum atomic E-state index is 13.1. The Morgan fingerprint density at radius 2 is 1.94 bits per heavy atom. The van der Waals surface area contributed by atoms with Gasteiger partial charge in [-0.3, -0.25) is 9.36 Å². The minimum atomic E-state index is -0.262. The number of piperazine rings is 1. The molecule has 1 aliphatic rings. The zero-order valence-corrected chi connectivity index (χ0v) is 19.7. The van der Waals surface area contributed by atoms with Crippen molar-refractivity contribution >= 4 is 29.0 Å². The van der Waals surface area contributed by atoms with Gasteiger partial charge in [-0.05, 0) is 37.0 Å². The van der Waals surface area contributed by atoms with Gasteiger partial charge in [0.1, 0.15) is 5.75 Å². The summed E-state index contributed by atoms with van der Waals surface area (Å²) in [5.41, 5.74) is 0.858. The summed E-state index contributed by atoms with van der Waals surface area (Å²) < 4.78 is 7.60. The number of thiophene rings is 1. The molecule has 1 amide bonds. The van der Waals surface area contributed by atoms with Gasteiger partial charge in [-0.1, -0.05) is 36.9 Å². The van der Waals surface area contributed by atoms with Crippen LogP contribution in [0.5, 0.6) is 5.75 Å². The lowest BCUT2D eigenvalue weighted by Crippen LogP contribution is -2.50. The molecule has 3 heterocycles. The highest BCUT2D eigenvalue weighted by molar-refractivity contribution is 8.00. The fraction of sp³-hybridized carbons (Fsp3) is 0.409. The van der Waals surface area contributed by atoms with Crippen molar-refractivity contribution in [2.45, 2.75) is 24.3 Å². The molecule has 0 N–H and O–H groups in total. The highest BCUT2D eigenvalue weighted by Crippen LogP contribution is 2.35. The minimum Gasteiger partial charge on any atom is -0.495 e. The quantitative estimate of drug-likeness (QED) is 0.505. The van der Waals surface area contributed by atoms with E-state index in [9.17, 15) is 4.79 Å². The number of likely N-dealkylation sites (N-methyl/N-ethyl adjacent to an activating group) is 1. The van der Waals surface area contributed by atoms with E-state index in [1.807, 2.05) is 58.2 Å². The van der Waals surface area contributed by atoms with Crippen LogP contribution in [0.1, 0.15) is 13.8 Å². The van der Waals surface area contributed by atoms with Crippen LogP contribution in [0.3, 0.4) is 0 Å². The molecular weight excluding hydrogens is 430 g/mol. The van der Waals surface area contributed by atoms with E-state index in [2.05, 4.69) is 22.0 Å². The molecule has 0 spiro atoms. The molecule has 1 fully saturated rings. The molecule has 164 valence electrons. The second-order valence-corrected chi connectivity index (χ2v) is 9.57. The van der Waals surface area contributed by atoms with Crippen LogP contribution in [0.2, 0.25) is 0 Å². The summed E-state index contributed by atoms with van der Waals surface area (Å²) >= 11 is 3.05. The fourth-order valence-electron chi connectivity index (χ4n) is 3.69. The lowest BCUT2D eigenvalue weighted by Gasteiger charge is -2.35. The van der Waals surface area contributed by atoms with Crippen LogP contribution in [0.25, 0.3) is 16.4 Å². The molecule has 7 nitrogen and oxygen atoms in total. The Morgan fingerprint density at radius 3 is 2.61 bits per heavy atom. The zero-order chi connectivity index (χ0) is 21.8. The van der Waals surface area contributed by atoms with Crippen molar-refractivity contribution in [2.75, 3.05) is 39.8 Å². The van der Waals surface area contributed by atoms with Crippen molar-refractivity contribution in [3.8, 4) is 22.1 Å². The van der Waals surface area contributed by atoms with Gasteiger partial charge in [0.05, 0.1) is 22.9 Å². The predicted octanol–water partition coefficient (Wildman–Crippen LogP) is 3.65. The van der Waals surface area contributed by atoms with Crippen LogP contribution in [0.15, 0.2) is 46.9 Å². The van der Waals surface area contributed by atoms with Gasteiger partial charge in [-0.15, -0.1) is 21.5 Å². The molecule has 3 aromatic rings. The van der Waals surface area contributed by atoms with Gasteiger partial charge < -0.3 is 14.5 Å². The van der Waals surface area contributed by atoms with Crippen LogP contribution >= 0.6 is 23.1 Å².